The van der Waals surface area contributed by atoms with Gasteiger partial charge in [-0.15, -0.1) is 0 Å². The third-order valence-corrected chi connectivity index (χ3v) is 4.39. The molecule has 0 aliphatic rings. The summed E-state index contributed by atoms with van der Waals surface area (Å²) in [7, 11) is -2.55. The zero-order valence-electron chi connectivity index (χ0n) is 14.7. The van der Waals surface area contributed by atoms with E-state index in [4.69, 9.17) is 4.43 Å². The molecular formula is C20H21F3OSi. The van der Waals surface area contributed by atoms with Gasteiger partial charge < -0.3 is 4.43 Å². The van der Waals surface area contributed by atoms with Gasteiger partial charge in [-0.1, -0.05) is 53.9 Å². The molecule has 0 radical (unpaired) electrons. The fraction of sp³-hybridized carbons (Fsp3) is 0.300. The maximum Gasteiger partial charge on any atom is 0.432 e. The molecule has 5 heteroatoms. The van der Waals surface area contributed by atoms with Gasteiger partial charge in [-0.3, -0.25) is 0 Å². The molecule has 0 amide bonds. The van der Waals surface area contributed by atoms with Gasteiger partial charge in [-0.05, 0) is 44.6 Å². The Labute approximate surface area is 148 Å². The minimum Gasteiger partial charge on any atom is -0.391 e. The number of alkyl halides is 3. The van der Waals surface area contributed by atoms with Gasteiger partial charge >= 0.3 is 6.18 Å². The molecule has 0 heterocycles. The van der Waals surface area contributed by atoms with E-state index in [1.807, 2.05) is 19.1 Å². The number of benzene rings is 2. The van der Waals surface area contributed by atoms with Gasteiger partial charge in [0.25, 0.3) is 0 Å². The van der Waals surface area contributed by atoms with Crippen LogP contribution in [0, 0.1) is 18.8 Å². The second-order valence-corrected chi connectivity index (χ2v) is 11.3. The van der Waals surface area contributed by atoms with Gasteiger partial charge in [-0.2, -0.15) is 13.2 Å². The average molecular weight is 362 g/mol. The molecule has 0 saturated heterocycles. The molecule has 1 nitrogen and oxygen atoms in total. The molecule has 2 aromatic rings. The van der Waals surface area contributed by atoms with Gasteiger partial charge in [0.2, 0.25) is 5.60 Å². The van der Waals surface area contributed by atoms with E-state index in [1.54, 1.807) is 50.0 Å². The van der Waals surface area contributed by atoms with Crippen molar-refractivity contribution in [3.05, 3.63) is 71.3 Å². The summed E-state index contributed by atoms with van der Waals surface area (Å²) in [5, 5.41) is 0. The van der Waals surface area contributed by atoms with E-state index in [0.29, 0.717) is 5.56 Å². The summed E-state index contributed by atoms with van der Waals surface area (Å²) in [6.45, 7) is 7.09. The second kappa shape index (κ2) is 7.07. The lowest BCUT2D eigenvalue weighted by Crippen LogP contribution is -2.50. The molecule has 1 unspecified atom stereocenters. The minimum absolute atomic E-state index is 0.00420. The smallest absolute Gasteiger partial charge is 0.391 e. The van der Waals surface area contributed by atoms with Crippen LogP contribution in [-0.4, -0.2) is 14.5 Å². The fourth-order valence-corrected chi connectivity index (χ4v) is 3.58. The third-order valence-electron chi connectivity index (χ3n) is 3.47. The van der Waals surface area contributed by atoms with E-state index in [0.717, 1.165) is 5.56 Å². The standard InChI is InChI=1S/C20H21F3OSi/c1-16-10-12-17(13-11-16)14-15-19(20(21,22)23,24-25(2,3)4)18-8-6-5-7-9-18/h5-13H,1-4H3. The molecule has 0 bridgehead atoms. The first-order chi connectivity index (χ1) is 11.5. The van der Waals surface area contributed by atoms with Crippen molar-refractivity contribution < 1.29 is 17.6 Å². The van der Waals surface area contributed by atoms with Gasteiger partial charge in [-0.25, -0.2) is 0 Å². The number of rotatable bonds is 3. The first kappa shape index (κ1) is 19.3. The average Bonchev–Trinajstić information content (AvgIpc) is 2.51. The topological polar surface area (TPSA) is 9.23 Å². The van der Waals surface area contributed by atoms with Crippen LogP contribution < -0.4 is 0 Å². The molecular weight excluding hydrogens is 341 g/mol. The van der Waals surface area contributed by atoms with Crippen molar-refractivity contribution in [1.82, 2.24) is 0 Å². The second-order valence-electron chi connectivity index (χ2n) is 6.88. The van der Waals surface area contributed by atoms with Crippen LogP contribution in [0.1, 0.15) is 16.7 Å². The largest absolute Gasteiger partial charge is 0.432 e. The Hall–Kier alpha value is -2.03. The van der Waals surface area contributed by atoms with Crippen LogP contribution in [0.25, 0.3) is 0 Å². The SMILES string of the molecule is Cc1ccc(C#CC(O[Si](C)(C)C)(c2ccccc2)C(F)(F)F)cc1. The van der Waals surface area contributed by atoms with Crippen molar-refractivity contribution in [3.8, 4) is 11.8 Å². The van der Waals surface area contributed by atoms with Crippen molar-refractivity contribution in [2.75, 3.05) is 0 Å². The number of hydrogen-bond acceptors (Lipinski definition) is 1. The zero-order chi connectivity index (χ0) is 18.7. The van der Waals surface area contributed by atoms with Crippen molar-refractivity contribution in [2.45, 2.75) is 38.3 Å². The molecule has 1 atom stereocenters. The van der Waals surface area contributed by atoms with Crippen LogP contribution in [0.15, 0.2) is 54.6 Å². The summed E-state index contributed by atoms with van der Waals surface area (Å²) >= 11 is 0. The summed E-state index contributed by atoms with van der Waals surface area (Å²) in [5.41, 5.74) is -1.09. The zero-order valence-corrected chi connectivity index (χ0v) is 15.7. The van der Waals surface area contributed by atoms with Crippen LogP contribution in [0.3, 0.4) is 0 Å². The van der Waals surface area contributed by atoms with Crippen molar-refractivity contribution in [2.24, 2.45) is 0 Å². The molecule has 0 aliphatic carbocycles. The third kappa shape index (κ3) is 4.74. The lowest BCUT2D eigenvalue weighted by Gasteiger charge is -2.37. The summed E-state index contributed by atoms with van der Waals surface area (Å²) in [6.07, 6.45) is -4.66. The van der Waals surface area contributed by atoms with Crippen molar-refractivity contribution in [3.63, 3.8) is 0 Å². The first-order valence-electron chi connectivity index (χ1n) is 7.96. The summed E-state index contributed by atoms with van der Waals surface area (Å²) in [6, 6.07) is 14.7. The van der Waals surface area contributed by atoms with Crippen LogP contribution in [0.5, 0.6) is 0 Å². The molecule has 2 rings (SSSR count). The summed E-state index contributed by atoms with van der Waals surface area (Å²) in [4.78, 5) is 0. The number of hydrogen-bond donors (Lipinski definition) is 0. The van der Waals surface area contributed by atoms with Crippen LogP contribution in [0.4, 0.5) is 13.2 Å². The van der Waals surface area contributed by atoms with Crippen LogP contribution in [0.2, 0.25) is 19.6 Å². The van der Waals surface area contributed by atoms with Gasteiger partial charge in [0, 0.05) is 11.1 Å². The van der Waals surface area contributed by atoms with Gasteiger partial charge in [0.15, 0.2) is 8.32 Å². The lowest BCUT2D eigenvalue weighted by molar-refractivity contribution is -0.233. The Morgan fingerprint density at radius 3 is 1.92 bits per heavy atom. The first-order valence-corrected chi connectivity index (χ1v) is 11.4. The maximum absolute atomic E-state index is 14.2. The number of halogens is 3. The fourth-order valence-electron chi connectivity index (χ4n) is 2.38. The highest BCUT2D eigenvalue weighted by atomic mass is 28.4. The van der Waals surface area contributed by atoms with E-state index < -0.39 is 20.1 Å². The summed E-state index contributed by atoms with van der Waals surface area (Å²) < 4.78 is 48.1. The van der Waals surface area contributed by atoms with E-state index in [-0.39, 0.29) is 5.56 Å². The predicted molar refractivity (Wildman–Crippen MR) is 96.7 cm³/mol. The molecule has 0 aromatic heterocycles. The van der Waals surface area contributed by atoms with E-state index in [2.05, 4.69) is 11.8 Å². The highest BCUT2D eigenvalue weighted by molar-refractivity contribution is 6.69. The van der Waals surface area contributed by atoms with Crippen molar-refractivity contribution in [1.29, 1.82) is 0 Å². The molecule has 0 fully saturated rings. The Balaban J connectivity index is 2.64. The Morgan fingerprint density at radius 2 is 1.44 bits per heavy atom. The van der Waals surface area contributed by atoms with Crippen LogP contribution >= 0.6 is 0 Å². The van der Waals surface area contributed by atoms with E-state index >= 15 is 0 Å². The minimum atomic E-state index is -4.66. The van der Waals surface area contributed by atoms with Crippen molar-refractivity contribution >= 4 is 8.32 Å². The molecule has 132 valence electrons. The number of aryl methyl sites for hydroxylation is 1. The lowest BCUT2D eigenvalue weighted by atomic mass is 9.93. The van der Waals surface area contributed by atoms with Crippen LogP contribution in [-0.2, 0) is 10.0 Å². The Bertz CT molecular complexity index is 765. The highest BCUT2D eigenvalue weighted by Gasteiger charge is 2.58. The predicted octanol–water partition coefficient (Wildman–Crippen LogP) is 5.66. The van der Waals surface area contributed by atoms with Gasteiger partial charge in [0.05, 0.1) is 0 Å². The molecule has 25 heavy (non-hydrogen) atoms. The quantitative estimate of drug-likeness (QED) is 0.506. The molecule has 0 N–H and O–H groups in total. The Morgan fingerprint density at radius 1 is 0.880 bits per heavy atom. The maximum atomic E-state index is 14.2. The van der Waals surface area contributed by atoms with E-state index in [1.165, 1.54) is 12.1 Å². The van der Waals surface area contributed by atoms with Gasteiger partial charge in [0.1, 0.15) is 0 Å². The highest BCUT2D eigenvalue weighted by Crippen LogP contribution is 2.43. The monoisotopic (exact) mass is 362 g/mol. The molecule has 2 aromatic carbocycles. The molecule has 0 spiro atoms. The Kier molecular flexibility index (Phi) is 5.45. The van der Waals surface area contributed by atoms with E-state index in [9.17, 15) is 13.2 Å². The molecule has 0 aliphatic heterocycles. The summed E-state index contributed by atoms with van der Waals surface area (Å²) in [5.74, 6) is 5.09. The molecule has 0 saturated carbocycles. The normalized spacial score (nSPS) is 14.4.